The Morgan fingerprint density at radius 3 is 2.79 bits per heavy atom. The van der Waals surface area contributed by atoms with E-state index < -0.39 is 0 Å². The van der Waals surface area contributed by atoms with Crippen LogP contribution in [0.5, 0.6) is 5.75 Å². The molecule has 0 amide bonds. The van der Waals surface area contributed by atoms with Gasteiger partial charge in [0.05, 0.1) is 6.61 Å². The van der Waals surface area contributed by atoms with Crippen molar-refractivity contribution in [2.75, 3.05) is 33.9 Å². The molecule has 10 heteroatoms. The fraction of sp³-hybridized carbons (Fsp3) is 0.391. The van der Waals surface area contributed by atoms with Crippen LogP contribution in [0.4, 0.5) is 0 Å². The van der Waals surface area contributed by atoms with Crippen molar-refractivity contribution >= 4 is 29.9 Å². The van der Waals surface area contributed by atoms with Gasteiger partial charge in [0, 0.05) is 58.5 Å². The van der Waals surface area contributed by atoms with Crippen LogP contribution in [0, 0.1) is 6.92 Å². The molecule has 2 N–H and O–H groups in total. The number of rotatable bonds is 11. The molecule has 9 nitrogen and oxygen atoms in total. The lowest BCUT2D eigenvalue weighted by molar-refractivity contribution is 0.171. The van der Waals surface area contributed by atoms with Crippen LogP contribution in [-0.2, 0) is 17.7 Å². The van der Waals surface area contributed by atoms with Gasteiger partial charge in [0.25, 0.3) is 5.89 Å². The largest absolute Gasteiger partial charge is 0.493 e. The molecular weight excluding hydrogens is 535 g/mol. The van der Waals surface area contributed by atoms with Crippen LogP contribution in [0.1, 0.15) is 23.4 Å². The minimum atomic E-state index is 0. The zero-order valence-corrected chi connectivity index (χ0v) is 21.5. The SMILES string of the molecule is CN=C(NCCc1noc(-c2ccccn2)n1)NCc1ccc(C)cc1OCCCOC.I. The summed E-state index contributed by atoms with van der Waals surface area (Å²) >= 11 is 0. The standard InChI is InChI=1S/C23H30N6O3.HI/c1-17-8-9-18(20(15-17)31-14-6-13-30-3)16-27-23(24-2)26-12-10-21-28-22(32-29-21)19-7-4-5-11-25-19;/h4-5,7-9,11,15H,6,10,12-14,16H2,1-3H3,(H2,24,26,27);1H. The van der Waals surface area contributed by atoms with Gasteiger partial charge in [-0.15, -0.1) is 24.0 Å². The lowest BCUT2D eigenvalue weighted by atomic mass is 10.1. The molecule has 0 saturated heterocycles. The number of ether oxygens (including phenoxy) is 2. The van der Waals surface area contributed by atoms with Gasteiger partial charge in [-0.1, -0.05) is 23.4 Å². The fourth-order valence-electron chi connectivity index (χ4n) is 2.97. The van der Waals surface area contributed by atoms with E-state index in [1.807, 2.05) is 18.2 Å². The number of aromatic nitrogens is 3. The number of hydrogen-bond acceptors (Lipinski definition) is 7. The van der Waals surface area contributed by atoms with Gasteiger partial charge >= 0.3 is 0 Å². The Kier molecular flexibility index (Phi) is 11.6. The minimum absolute atomic E-state index is 0. The monoisotopic (exact) mass is 566 g/mol. The zero-order chi connectivity index (χ0) is 22.6. The summed E-state index contributed by atoms with van der Waals surface area (Å²) in [5.41, 5.74) is 2.88. The van der Waals surface area contributed by atoms with Crippen molar-refractivity contribution in [2.24, 2.45) is 4.99 Å². The molecule has 0 aliphatic carbocycles. The second-order valence-electron chi connectivity index (χ2n) is 7.14. The van der Waals surface area contributed by atoms with Gasteiger partial charge in [0.1, 0.15) is 11.4 Å². The fourth-order valence-corrected chi connectivity index (χ4v) is 2.97. The van der Waals surface area contributed by atoms with E-state index in [9.17, 15) is 0 Å². The number of aliphatic imine (C=N–C) groups is 1. The van der Waals surface area contributed by atoms with E-state index in [4.69, 9.17) is 14.0 Å². The van der Waals surface area contributed by atoms with Crippen molar-refractivity contribution in [3.63, 3.8) is 0 Å². The van der Waals surface area contributed by atoms with Crippen molar-refractivity contribution in [3.05, 3.63) is 59.5 Å². The van der Waals surface area contributed by atoms with Crippen LogP contribution in [0.3, 0.4) is 0 Å². The number of methoxy groups -OCH3 is 1. The normalized spacial score (nSPS) is 11.1. The first-order valence-corrected chi connectivity index (χ1v) is 10.6. The highest BCUT2D eigenvalue weighted by Crippen LogP contribution is 2.20. The smallest absolute Gasteiger partial charge is 0.276 e. The van der Waals surface area contributed by atoms with Gasteiger partial charge in [-0.25, -0.2) is 0 Å². The predicted octanol–water partition coefficient (Wildman–Crippen LogP) is 3.38. The van der Waals surface area contributed by atoms with Crippen LogP contribution in [-0.4, -0.2) is 55.0 Å². The summed E-state index contributed by atoms with van der Waals surface area (Å²) in [4.78, 5) is 12.9. The lowest BCUT2D eigenvalue weighted by Gasteiger charge is -2.15. The van der Waals surface area contributed by atoms with Crippen LogP contribution in [0.2, 0.25) is 0 Å². The molecule has 0 saturated carbocycles. The minimum Gasteiger partial charge on any atom is -0.493 e. The van der Waals surface area contributed by atoms with Crippen LogP contribution in [0.25, 0.3) is 11.6 Å². The number of benzene rings is 1. The van der Waals surface area contributed by atoms with Gasteiger partial charge in [0.2, 0.25) is 0 Å². The topological polar surface area (TPSA) is 107 Å². The first kappa shape index (κ1) is 26.5. The molecular formula is C23H31IN6O3. The van der Waals surface area contributed by atoms with E-state index in [2.05, 4.69) is 55.9 Å². The summed E-state index contributed by atoms with van der Waals surface area (Å²) in [7, 11) is 3.43. The Labute approximate surface area is 211 Å². The summed E-state index contributed by atoms with van der Waals surface area (Å²) in [6.07, 6.45) is 3.13. The molecule has 0 aliphatic heterocycles. The number of aryl methyl sites for hydroxylation is 1. The Morgan fingerprint density at radius 1 is 1.15 bits per heavy atom. The molecule has 2 heterocycles. The van der Waals surface area contributed by atoms with Crippen LogP contribution < -0.4 is 15.4 Å². The second-order valence-corrected chi connectivity index (χ2v) is 7.14. The molecule has 3 aromatic rings. The predicted molar refractivity (Wildman–Crippen MR) is 138 cm³/mol. The van der Waals surface area contributed by atoms with E-state index in [-0.39, 0.29) is 24.0 Å². The molecule has 0 aliphatic rings. The molecule has 0 spiro atoms. The molecule has 0 radical (unpaired) electrons. The van der Waals surface area contributed by atoms with E-state index in [0.717, 1.165) is 23.3 Å². The molecule has 178 valence electrons. The average molecular weight is 566 g/mol. The molecule has 3 rings (SSSR count). The highest BCUT2D eigenvalue weighted by Gasteiger charge is 2.10. The van der Waals surface area contributed by atoms with Crippen molar-refractivity contribution in [2.45, 2.75) is 26.3 Å². The molecule has 0 atom stereocenters. The third-order valence-electron chi connectivity index (χ3n) is 4.64. The van der Waals surface area contributed by atoms with Crippen molar-refractivity contribution in [1.82, 2.24) is 25.8 Å². The van der Waals surface area contributed by atoms with E-state index >= 15 is 0 Å². The lowest BCUT2D eigenvalue weighted by Crippen LogP contribution is -2.38. The third-order valence-corrected chi connectivity index (χ3v) is 4.64. The maximum absolute atomic E-state index is 5.95. The molecule has 0 unspecified atom stereocenters. The maximum atomic E-state index is 5.95. The van der Waals surface area contributed by atoms with E-state index in [1.54, 1.807) is 20.4 Å². The Hall–Kier alpha value is -2.73. The number of halogens is 1. The average Bonchev–Trinajstić information content (AvgIpc) is 3.29. The number of nitrogens with one attached hydrogen (secondary N) is 2. The van der Waals surface area contributed by atoms with Gasteiger partial charge in [-0.05, 0) is 30.7 Å². The highest BCUT2D eigenvalue weighted by atomic mass is 127. The maximum Gasteiger partial charge on any atom is 0.276 e. The molecule has 2 aromatic heterocycles. The Morgan fingerprint density at radius 2 is 2.03 bits per heavy atom. The first-order chi connectivity index (χ1) is 15.7. The van der Waals surface area contributed by atoms with Crippen LogP contribution >= 0.6 is 24.0 Å². The van der Waals surface area contributed by atoms with Gasteiger partial charge in [-0.3, -0.25) is 9.98 Å². The van der Waals surface area contributed by atoms with Crippen molar-refractivity contribution in [3.8, 4) is 17.3 Å². The van der Waals surface area contributed by atoms with Gasteiger partial charge in [0.15, 0.2) is 11.8 Å². The van der Waals surface area contributed by atoms with Crippen LogP contribution in [0.15, 0.2) is 52.1 Å². The highest BCUT2D eigenvalue weighted by molar-refractivity contribution is 14.0. The molecule has 1 aromatic carbocycles. The van der Waals surface area contributed by atoms with Crippen molar-refractivity contribution in [1.29, 1.82) is 0 Å². The quantitative estimate of drug-likeness (QED) is 0.158. The number of pyridine rings is 1. The third kappa shape index (κ3) is 8.61. The number of hydrogen-bond donors (Lipinski definition) is 2. The zero-order valence-electron chi connectivity index (χ0n) is 19.2. The summed E-state index contributed by atoms with van der Waals surface area (Å²) in [5, 5.41) is 10.6. The summed E-state index contributed by atoms with van der Waals surface area (Å²) in [6, 6.07) is 11.8. The number of nitrogens with zero attached hydrogens (tertiary/aromatic N) is 4. The summed E-state index contributed by atoms with van der Waals surface area (Å²) in [5.74, 6) is 2.58. The van der Waals surface area contributed by atoms with Crippen molar-refractivity contribution < 1.29 is 14.0 Å². The molecule has 33 heavy (non-hydrogen) atoms. The molecule has 0 bridgehead atoms. The van der Waals surface area contributed by atoms with Gasteiger partial charge in [-0.2, -0.15) is 4.98 Å². The summed E-state index contributed by atoms with van der Waals surface area (Å²) in [6.45, 7) is 4.54. The van der Waals surface area contributed by atoms with Gasteiger partial charge < -0.3 is 24.6 Å². The number of guanidine groups is 1. The van der Waals surface area contributed by atoms with E-state index in [0.29, 0.717) is 56.1 Å². The molecule has 0 fully saturated rings. The second kappa shape index (κ2) is 14.4. The summed E-state index contributed by atoms with van der Waals surface area (Å²) < 4.78 is 16.3. The Bertz CT molecular complexity index is 997. The first-order valence-electron chi connectivity index (χ1n) is 10.6. The Balaban J connectivity index is 0.00000385. The van der Waals surface area contributed by atoms with E-state index in [1.165, 1.54) is 0 Å².